The van der Waals surface area contributed by atoms with Crippen LogP contribution in [0.15, 0.2) is 91.0 Å². The molecule has 0 saturated heterocycles. The molecule has 0 unspecified atom stereocenters. The van der Waals surface area contributed by atoms with Gasteiger partial charge in [-0.15, -0.1) is 0 Å². The molecule has 0 atom stereocenters. The highest BCUT2D eigenvalue weighted by Gasteiger charge is 2.30. The number of anilines is 1. The van der Waals surface area contributed by atoms with Crippen molar-refractivity contribution in [1.82, 2.24) is 5.32 Å². The fourth-order valence-electron chi connectivity index (χ4n) is 4.73. The lowest BCUT2D eigenvalue weighted by molar-refractivity contribution is -0.137. The SMILES string of the molecule is CCCCCc1ccc(CNC(=O)c2ccc(CN(C(=O)c3ccc(C(F)(F)F)cc3)c3ccc(O)c(C(=O)O)c3)cc2)cc1. The summed E-state index contributed by atoms with van der Waals surface area (Å²) in [6.45, 7) is 2.41. The quantitative estimate of drug-likeness (QED) is 0.142. The van der Waals surface area contributed by atoms with Gasteiger partial charge in [-0.2, -0.15) is 13.2 Å². The maximum absolute atomic E-state index is 13.5. The van der Waals surface area contributed by atoms with Crippen LogP contribution in [0.2, 0.25) is 0 Å². The maximum Gasteiger partial charge on any atom is 0.416 e. The van der Waals surface area contributed by atoms with Crippen LogP contribution in [0.25, 0.3) is 0 Å². The Bertz CT molecular complexity index is 1630. The first-order chi connectivity index (χ1) is 21.5. The zero-order valence-corrected chi connectivity index (χ0v) is 24.6. The van der Waals surface area contributed by atoms with E-state index in [1.165, 1.54) is 23.0 Å². The molecule has 0 aliphatic carbocycles. The molecular formula is C35H33F3N2O5. The normalized spacial score (nSPS) is 11.2. The third-order valence-corrected chi connectivity index (χ3v) is 7.33. The van der Waals surface area contributed by atoms with Gasteiger partial charge in [0.05, 0.1) is 12.1 Å². The van der Waals surface area contributed by atoms with Crippen molar-refractivity contribution in [2.75, 3.05) is 4.90 Å². The van der Waals surface area contributed by atoms with Crippen molar-refractivity contribution >= 4 is 23.5 Å². The number of rotatable bonds is 12. The summed E-state index contributed by atoms with van der Waals surface area (Å²) in [5.41, 5.74) is 1.85. The summed E-state index contributed by atoms with van der Waals surface area (Å²) in [6.07, 6.45) is -0.0699. The lowest BCUT2D eigenvalue weighted by Crippen LogP contribution is -2.30. The number of carboxylic acid groups (broad SMARTS) is 1. The molecular weight excluding hydrogens is 585 g/mol. The van der Waals surface area contributed by atoms with Gasteiger partial charge in [0.1, 0.15) is 11.3 Å². The zero-order valence-electron chi connectivity index (χ0n) is 24.6. The fourth-order valence-corrected chi connectivity index (χ4v) is 4.73. The minimum atomic E-state index is -4.58. The number of nitrogens with one attached hydrogen (secondary N) is 1. The average molecular weight is 619 g/mol. The first kappa shape index (κ1) is 32.8. The van der Waals surface area contributed by atoms with E-state index in [0.29, 0.717) is 17.7 Å². The zero-order chi connectivity index (χ0) is 32.6. The first-order valence-corrected chi connectivity index (χ1v) is 14.5. The Morgan fingerprint density at radius 3 is 1.98 bits per heavy atom. The van der Waals surface area contributed by atoms with Crippen LogP contribution in [0.1, 0.15) is 79.5 Å². The predicted molar refractivity (Wildman–Crippen MR) is 164 cm³/mol. The van der Waals surface area contributed by atoms with E-state index in [-0.39, 0.29) is 23.7 Å². The van der Waals surface area contributed by atoms with Crippen molar-refractivity contribution < 1.29 is 37.8 Å². The molecule has 3 N–H and O–H groups in total. The molecule has 4 aromatic carbocycles. The Morgan fingerprint density at radius 1 is 0.778 bits per heavy atom. The molecule has 0 radical (unpaired) electrons. The van der Waals surface area contributed by atoms with Crippen LogP contribution in [-0.2, 0) is 25.7 Å². The molecule has 0 saturated carbocycles. The molecule has 234 valence electrons. The molecule has 7 nitrogen and oxygen atoms in total. The number of aromatic carboxylic acids is 1. The van der Waals surface area contributed by atoms with E-state index in [1.54, 1.807) is 24.3 Å². The molecule has 0 spiro atoms. The number of aryl methyl sites for hydroxylation is 1. The summed E-state index contributed by atoms with van der Waals surface area (Å²) >= 11 is 0. The van der Waals surface area contributed by atoms with Crippen molar-refractivity contribution in [3.05, 3.63) is 130 Å². The molecule has 0 aliphatic rings. The van der Waals surface area contributed by atoms with E-state index in [2.05, 4.69) is 24.4 Å². The Hall–Kier alpha value is -5.12. The van der Waals surface area contributed by atoms with Crippen LogP contribution in [0.4, 0.5) is 18.9 Å². The highest BCUT2D eigenvalue weighted by Crippen LogP contribution is 2.31. The number of hydrogen-bond donors (Lipinski definition) is 3. The second-order valence-electron chi connectivity index (χ2n) is 10.6. The molecule has 0 aliphatic heterocycles. The second kappa shape index (κ2) is 14.6. The molecule has 0 fully saturated rings. The number of phenols is 1. The monoisotopic (exact) mass is 618 g/mol. The van der Waals surface area contributed by atoms with Gasteiger partial charge < -0.3 is 20.4 Å². The lowest BCUT2D eigenvalue weighted by atomic mass is 10.1. The third kappa shape index (κ3) is 8.72. The summed E-state index contributed by atoms with van der Waals surface area (Å²) in [5.74, 6) is -2.92. The summed E-state index contributed by atoms with van der Waals surface area (Å²) in [7, 11) is 0. The van der Waals surface area contributed by atoms with Crippen LogP contribution in [0.3, 0.4) is 0 Å². The summed E-state index contributed by atoms with van der Waals surface area (Å²) in [6, 6.07) is 21.8. The van der Waals surface area contributed by atoms with Gasteiger partial charge in [0.15, 0.2) is 0 Å². The van der Waals surface area contributed by atoms with E-state index in [0.717, 1.165) is 61.2 Å². The predicted octanol–water partition coefficient (Wildman–Crippen LogP) is 7.62. The van der Waals surface area contributed by atoms with Gasteiger partial charge in [-0.1, -0.05) is 56.2 Å². The number of hydrogen-bond acceptors (Lipinski definition) is 4. The largest absolute Gasteiger partial charge is 0.507 e. The number of carbonyl (C=O) groups excluding carboxylic acids is 2. The van der Waals surface area contributed by atoms with Crippen molar-refractivity contribution in [2.24, 2.45) is 0 Å². The number of nitrogens with zero attached hydrogens (tertiary/aromatic N) is 1. The Morgan fingerprint density at radius 2 is 1.38 bits per heavy atom. The average Bonchev–Trinajstić information content (AvgIpc) is 3.03. The van der Waals surface area contributed by atoms with Crippen molar-refractivity contribution in [3.8, 4) is 5.75 Å². The van der Waals surface area contributed by atoms with E-state index in [9.17, 15) is 37.8 Å². The van der Waals surface area contributed by atoms with E-state index in [4.69, 9.17) is 0 Å². The number of carboxylic acids is 1. The van der Waals surface area contributed by atoms with Crippen LogP contribution >= 0.6 is 0 Å². The third-order valence-electron chi connectivity index (χ3n) is 7.33. The number of alkyl halides is 3. The van der Waals surface area contributed by atoms with Gasteiger partial charge in [0.2, 0.25) is 0 Å². The molecule has 2 amide bonds. The standard InChI is InChI=1S/C35H33F3N2O5/c1-2-3-4-5-23-6-8-24(9-7-23)21-39-32(42)26-12-10-25(11-13-26)22-40(29-18-19-31(41)30(20-29)34(44)45)33(43)27-14-16-28(17-15-27)35(36,37)38/h6-20,41H,2-5,21-22H2,1H3,(H,39,42)(H,44,45). The highest BCUT2D eigenvalue weighted by atomic mass is 19.4. The summed E-state index contributed by atoms with van der Waals surface area (Å²) < 4.78 is 39.2. The molecule has 4 aromatic rings. The number of unbranched alkanes of at least 4 members (excludes halogenated alkanes) is 2. The Balaban J connectivity index is 1.49. The van der Waals surface area contributed by atoms with E-state index >= 15 is 0 Å². The van der Waals surface area contributed by atoms with Crippen LogP contribution < -0.4 is 10.2 Å². The van der Waals surface area contributed by atoms with Crippen LogP contribution in [0, 0.1) is 0 Å². The fraction of sp³-hybridized carbons (Fsp3) is 0.229. The molecule has 0 heterocycles. The van der Waals surface area contributed by atoms with E-state index in [1.807, 2.05) is 12.1 Å². The van der Waals surface area contributed by atoms with Gasteiger partial charge in [0.25, 0.3) is 11.8 Å². The second-order valence-corrected chi connectivity index (χ2v) is 10.6. The van der Waals surface area contributed by atoms with Gasteiger partial charge in [0, 0.05) is 23.4 Å². The van der Waals surface area contributed by atoms with Gasteiger partial charge in [-0.05, 0) is 84.1 Å². The number of halogens is 3. The first-order valence-electron chi connectivity index (χ1n) is 14.5. The maximum atomic E-state index is 13.5. The van der Waals surface area contributed by atoms with E-state index < -0.39 is 34.9 Å². The van der Waals surface area contributed by atoms with Gasteiger partial charge >= 0.3 is 12.1 Å². The topological polar surface area (TPSA) is 107 Å². The van der Waals surface area contributed by atoms with Crippen LogP contribution in [0.5, 0.6) is 5.75 Å². The van der Waals surface area contributed by atoms with Gasteiger partial charge in [-0.25, -0.2) is 4.79 Å². The number of benzene rings is 4. The number of carbonyl (C=O) groups is 3. The molecule has 4 rings (SSSR count). The van der Waals surface area contributed by atoms with Gasteiger partial charge in [-0.3, -0.25) is 9.59 Å². The molecule has 0 aromatic heterocycles. The highest BCUT2D eigenvalue weighted by molar-refractivity contribution is 6.06. The van der Waals surface area contributed by atoms with Crippen LogP contribution in [-0.4, -0.2) is 28.0 Å². The summed E-state index contributed by atoms with van der Waals surface area (Å²) in [5, 5.41) is 22.3. The van der Waals surface area contributed by atoms with Crippen molar-refractivity contribution in [3.63, 3.8) is 0 Å². The molecule has 0 bridgehead atoms. The smallest absolute Gasteiger partial charge is 0.416 e. The number of aromatic hydroxyl groups is 1. The molecule has 10 heteroatoms. The summed E-state index contributed by atoms with van der Waals surface area (Å²) in [4.78, 5) is 39.1. The minimum absolute atomic E-state index is 0.0575. The number of amides is 2. The Labute approximate surface area is 258 Å². The van der Waals surface area contributed by atoms with Crippen molar-refractivity contribution in [1.29, 1.82) is 0 Å². The lowest BCUT2D eigenvalue weighted by Gasteiger charge is -2.24. The minimum Gasteiger partial charge on any atom is -0.507 e. The Kier molecular flexibility index (Phi) is 10.6. The van der Waals surface area contributed by atoms with Crippen molar-refractivity contribution in [2.45, 2.75) is 51.9 Å². The molecule has 45 heavy (non-hydrogen) atoms.